The number of piperidine rings is 1. The van der Waals surface area contributed by atoms with E-state index in [1.54, 1.807) is 7.11 Å². The molecule has 3 nitrogen and oxygen atoms in total. The molecule has 1 aliphatic rings. The zero-order valence-electron chi connectivity index (χ0n) is 6.39. The van der Waals surface area contributed by atoms with Gasteiger partial charge in [0, 0.05) is 13.7 Å². The maximum Gasteiger partial charge on any atom is 0.103 e. The number of hydrogen-bond acceptors (Lipinski definition) is 3. The minimum atomic E-state index is -0.293. The Bertz CT molecular complexity index is 93.8. The van der Waals surface area contributed by atoms with Crippen LogP contribution in [0.15, 0.2) is 0 Å². The second kappa shape index (κ2) is 3.32. The van der Waals surface area contributed by atoms with Gasteiger partial charge in [-0.05, 0) is 19.4 Å². The van der Waals surface area contributed by atoms with E-state index in [9.17, 15) is 0 Å². The summed E-state index contributed by atoms with van der Waals surface area (Å²) >= 11 is 0. The van der Waals surface area contributed by atoms with Crippen molar-refractivity contribution in [2.45, 2.75) is 18.4 Å². The predicted octanol–water partition coefficient (Wildman–Crippen LogP) is -0.253. The van der Waals surface area contributed by atoms with Gasteiger partial charge in [0.2, 0.25) is 0 Å². The fourth-order valence-corrected chi connectivity index (χ4v) is 1.31. The van der Waals surface area contributed by atoms with Crippen molar-refractivity contribution in [1.82, 2.24) is 5.32 Å². The Kier molecular flexibility index (Phi) is 2.65. The number of aliphatic hydroxyl groups excluding tert-OH is 1. The standard InChI is InChI=1S/C7H15NO2/c1-10-7(6-9)3-2-4-8-5-7/h8-9H,2-6H2,1H3/t7-/m0/s1. The Hall–Kier alpha value is -0.120. The molecule has 0 aliphatic carbocycles. The molecule has 1 atom stereocenters. The van der Waals surface area contributed by atoms with E-state index >= 15 is 0 Å². The summed E-state index contributed by atoms with van der Waals surface area (Å²) in [5.41, 5.74) is -0.293. The molecule has 1 aliphatic heterocycles. The zero-order valence-corrected chi connectivity index (χ0v) is 6.39. The molecule has 0 aromatic carbocycles. The lowest BCUT2D eigenvalue weighted by atomic mass is 9.95. The third-order valence-corrected chi connectivity index (χ3v) is 2.15. The van der Waals surface area contributed by atoms with Gasteiger partial charge in [-0.2, -0.15) is 0 Å². The quantitative estimate of drug-likeness (QED) is 0.563. The van der Waals surface area contributed by atoms with Gasteiger partial charge in [0.05, 0.1) is 6.61 Å². The van der Waals surface area contributed by atoms with E-state index in [0.29, 0.717) is 0 Å². The van der Waals surface area contributed by atoms with Gasteiger partial charge in [0.15, 0.2) is 0 Å². The van der Waals surface area contributed by atoms with Crippen molar-refractivity contribution in [2.75, 3.05) is 26.8 Å². The number of aliphatic hydroxyl groups is 1. The SMILES string of the molecule is CO[C@@]1(CO)CCCNC1. The van der Waals surface area contributed by atoms with Crippen LogP contribution in [0, 0.1) is 0 Å². The Labute approximate surface area is 61.4 Å². The highest BCUT2D eigenvalue weighted by Gasteiger charge is 2.30. The molecule has 0 aromatic rings. The average Bonchev–Trinajstić information content (AvgIpc) is 2.06. The average molecular weight is 145 g/mol. The molecule has 1 fully saturated rings. The van der Waals surface area contributed by atoms with Crippen molar-refractivity contribution >= 4 is 0 Å². The monoisotopic (exact) mass is 145 g/mol. The van der Waals surface area contributed by atoms with Crippen molar-refractivity contribution in [3.05, 3.63) is 0 Å². The van der Waals surface area contributed by atoms with E-state index in [4.69, 9.17) is 9.84 Å². The van der Waals surface area contributed by atoms with Crippen LogP contribution >= 0.6 is 0 Å². The molecule has 0 bridgehead atoms. The molecule has 0 saturated carbocycles. The second-order valence-electron chi connectivity index (χ2n) is 2.83. The Balaban J connectivity index is 2.44. The third-order valence-electron chi connectivity index (χ3n) is 2.15. The van der Waals surface area contributed by atoms with Crippen molar-refractivity contribution in [3.8, 4) is 0 Å². The van der Waals surface area contributed by atoms with Crippen LogP contribution < -0.4 is 5.32 Å². The Morgan fingerprint density at radius 1 is 1.70 bits per heavy atom. The summed E-state index contributed by atoms with van der Waals surface area (Å²) in [6.45, 7) is 1.95. The van der Waals surface area contributed by atoms with Gasteiger partial charge in [-0.1, -0.05) is 0 Å². The molecule has 0 spiro atoms. The van der Waals surface area contributed by atoms with Gasteiger partial charge < -0.3 is 15.2 Å². The topological polar surface area (TPSA) is 41.5 Å². The number of methoxy groups -OCH3 is 1. The van der Waals surface area contributed by atoms with Crippen molar-refractivity contribution in [3.63, 3.8) is 0 Å². The summed E-state index contributed by atoms with van der Waals surface area (Å²) in [4.78, 5) is 0. The van der Waals surface area contributed by atoms with Gasteiger partial charge >= 0.3 is 0 Å². The summed E-state index contributed by atoms with van der Waals surface area (Å²) in [5, 5.41) is 12.2. The fourth-order valence-electron chi connectivity index (χ4n) is 1.31. The second-order valence-corrected chi connectivity index (χ2v) is 2.83. The number of rotatable bonds is 2. The van der Waals surface area contributed by atoms with E-state index in [0.717, 1.165) is 25.9 Å². The molecule has 0 aromatic heterocycles. The van der Waals surface area contributed by atoms with Crippen LogP contribution in [0.5, 0.6) is 0 Å². The first kappa shape index (κ1) is 7.98. The lowest BCUT2D eigenvalue weighted by Crippen LogP contribution is -2.49. The first-order valence-corrected chi connectivity index (χ1v) is 3.70. The summed E-state index contributed by atoms with van der Waals surface area (Å²) in [7, 11) is 1.66. The zero-order chi connectivity index (χ0) is 7.45. The van der Waals surface area contributed by atoms with Crippen molar-refractivity contribution in [1.29, 1.82) is 0 Å². The van der Waals surface area contributed by atoms with Crippen LogP contribution in [0.1, 0.15) is 12.8 Å². The lowest BCUT2D eigenvalue weighted by Gasteiger charge is -2.34. The van der Waals surface area contributed by atoms with E-state index in [1.165, 1.54) is 0 Å². The smallest absolute Gasteiger partial charge is 0.103 e. The van der Waals surface area contributed by atoms with Gasteiger partial charge in [-0.25, -0.2) is 0 Å². The molecule has 2 N–H and O–H groups in total. The summed E-state index contributed by atoms with van der Waals surface area (Å²) in [6, 6.07) is 0. The van der Waals surface area contributed by atoms with Crippen LogP contribution in [-0.4, -0.2) is 37.5 Å². The summed E-state index contributed by atoms with van der Waals surface area (Å²) < 4.78 is 5.22. The van der Waals surface area contributed by atoms with Gasteiger partial charge in [0.1, 0.15) is 5.60 Å². The molecule has 0 radical (unpaired) electrons. The normalized spacial score (nSPS) is 34.2. The molecule has 1 rings (SSSR count). The van der Waals surface area contributed by atoms with Crippen LogP contribution in [0.25, 0.3) is 0 Å². The highest BCUT2D eigenvalue weighted by Crippen LogP contribution is 2.18. The molecular weight excluding hydrogens is 130 g/mol. The van der Waals surface area contributed by atoms with Gasteiger partial charge in [-0.3, -0.25) is 0 Å². The van der Waals surface area contributed by atoms with Crippen LogP contribution in [-0.2, 0) is 4.74 Å². The van der Waals surface area contributed by atoms with E-state index in [2.05, 4.69) is 5.32 Å². The van der Waals surface area contributed by atoms with Crippen LogP contribution in [0.4, 0.5) is 0 Å². The molecule has 1 heterocycles. The Morgan fingerprint density at radius 3 is 2.80 bits per heavy atom. The lowest BCUT2D eigenvalue weighted by molar-refractivity contribution is -0.0656. The minimum Gasteiger partial charge on any atom is -0.393 e. The fraction of sp³-hybridized carbons (Fsp3) is 1.00. The summed E-state index contributed by atoms with van der Waals surface area (Å²) in [6.07, 6.45) is 2.06. The number of hydrogen-bond donors (Lipinski definition) is 2. The molecule has 60 valence electrons. The first-order chi connectivity index (χ1) is 4.83. The minimum absolute atomic E-state index is 0.122. The van der Waals surface area contributed by atoms with E-state index < -0.39 is 0 Å². The van der Waals surface area contributed by atoms with Crippen LogP contribution in [0.2, 0.25) is 0 Å². The molecular formula is C7H15NO2. The predicted molar refractivity (Wildman–Crippen MR) is 38.9 cm³/mol. The van der Waals surface area contributed by atoms with Crippen molar-refractivity contribution < 1.29 is 9.84 Å². The molecule has 3 heteroatoms. The molecule has 0 amide bonds. The third kappa shape index (κ3) is 1.48. The Morgan fingerprint density at radius 2 is 2.50 bits per heavy atom. The number of ether oxygens (including phenoxy) is 1. The number of nitrogens with one attached hydrogen (secondary N) is 1. The maximum atomic E-state index is 8.98. The molecule has 0 unspecified atom stereocenters. The van der Waals surface area contributed by atoms with Crippen LogP contribution in [0.3, 0.4) is 0 Å². The summed E-state index contributed by atoms with van der Waals surface area (Å²) in [5.74, 6) is 0. The van der Waals surface area contributed by atoms with Gasteiger partial charge in [0.25, 0.3) is 0 Å². The molecule has 10 heavy (non-hydrogen) atoms. The van der Waals surface area contributed by atoms with Crippen molar-refractivity contribution in [2.24, 2.45) is 0 Å². The van der Waals surface area contributed by atoms with Gasteiger partial charge in [-0.15, -0.1) is 0 Å². The highest BCUT2D eigenvalue weighted by molar-refractivity contribution is 4.85. The highest BCUT2D eigenvalue weighted by atomic mass is 16.5. The molecule has 1 saturated heterocycles. The first-order valence-electron chi connectivity index (χ1n) is 3.70. The van der Waals surface area contributed by atoms with E-state index in [1.807, 2.05) is 0 Å². The van der Waals surface area contributed by atoms with E-state index in [-0.39, 0.29) is 12.2 Å². The largest absolute Gasteiger partial charge is 0.393 e. The maximum absolute atomic E-state index is 8.98.